The average Bonchev–Trinajstić information content (AvgIpc) is 3.11. The van der Waals surface area contributed by atoms with E-state index in [4.69, 9.17) is 0 Å². The van der Waals surface area contributed by atoms with Crippen LogP contribution in [0.5, 0.6) is 0 Å². The third kappa shape index (κ3) is 3.54. The molecule has 0 amide bonds. The molecular weight excluding hydrogens is 316 g/mol. The van der Waals surface area contributed by atoms with E-state index >= 15 is 0 Å². The summed E-state index contributed by atoms with van der Waals surface area (Å²) in [5.41, 5.74) is 0.969. The highest BCUT2D eigenvalue weighted by molar-refractivity contribution is 9.10. The summed E-state index contributed by atoms with van der Waals surface area (Å²) < 4.78 is 27.6. The minimum atomic E-state index is -3.40. The molecule has 0 aromatic heterocycles. The Bertz CT molecular complexity index is 527. The summed E-state index contributed by atoms with van der Waals surface area (Å²) in [6.07, 6.45) is 1.88. The first-order valence-corrected chi connectivity index (χ1v) is 8.32. The molecule has 0 heterocycles. The topological polar surface area (TPSA) is 58.2 Å². The zero-order valence-electron chi connectivity index (χ0n) is 10.2. The van der Waals surface area contributed by atoms with Crippen molar-refractivity contribution in [3.8, 4) is 0 Å². The Morgan fingerprint density at radius 1 is 1.39 bits per heavy atom. The number of hydrogen-bond donors (Lipinski definition) is 2. The quantitative estimate of drug-likeness (QED) is 0.837. The average molecular weight is 333 g/mol. The van der Waals surface area contributed by atoms with Crippen LogP contribution in [0, 0.1) is 0 Å². The predicted molar refractivity (Wildman–Crippen MR) is 74.9 cm³/mol. The minimum absolute atomic E-state index is 0.124. The monoisotopic (exact) mass is 332 g/mol. The van der Waals surface area contributed by atoms with Gasteiger partial charge in [-0.2, -0.15) is 0 Å². The number of sulfonamides is 1. The van der Waals surface area contributed by atoms with E-state index < -0.39 is 10.0 Å². The lowest BCUT2D eigenvalue weighted by Gasteiger charge is -2.10. The van der Waals surface area contributed by atoms with Crippen molar-refractivity contribution in [2.24, 2.45) is 0 Å². The molecule has 1 aliphatic carbocycles. The summed E-state index contributed by atoms with van der Waals surface area (Å²) in [5.74, 6) is 0. The van der Waals surface area contributed by atoms with Crippen LogP contribution in [-0.2, 0) is 16.6 Å². The molecule has 4 nitrogen and oxygen atoms in total. The lowest BCUT2D eigenvalue weighted by Crippen LogP contribution is -2.26. The van der Waals surface area contributed by atoms with Crippen LogP contribution in [-0.4, -0.2) is 21.0 Å². The van der Waals surface area contributed by atoms with Gasteiger partial charge in [0.15, 0.2) is 0 Å². The number of halogens is 1. The summed E-state index contributed by atoms with van der Waals surface area (Å²) in [7, 11) is -3.40. The standard InChI is InChI=1S/C12H17BrN2O2S/c1-2-14-8-9-3-6-11(13)12(7-9)18(16,17)15-10-4-5-10/h3,6-7,10,14-15H,2,4-5,8H2,1H3. The van der Waals surface area contributed by atoms with Gasteiger partial charge in [0.25, 0.3) is 0 Å². The molecule has 0 atom stereocenters. The van der Waals surface area contributed by atoms with E-state index in [1.807, 2.05) is 13.0 Å². The molecular formula is C12H17BrN2O2S. The van der Waals surface area contributed by atoms with Crippen LogP contribution in [0.3, 0.4) is 0 Å². The van der Waals surface area contributed by atoms with Gasteiger partial charge in [-0.25, -0.2) is 13.1 Å². The van der Waals surface area contributed by atoms with Crippen molar-refractivity contribution >= 4 is 26.0 Å². The van der Waals surface area contributed by atoms with E-state index in [2.05, 4.69) is 26.0 Å². The molecule has 2 rings (SSSR count). The van der Waals surface area contributed by atoms with Crippen molar-refractivity contribution in [2.75, 3.05) is 6.54 Å². The van der Waals surface area contributed by atoms with E-state index in [0.29, 0.717) is 15.9 Å². The van der Waals surface area contributed by atoms with Crippen LogP contribution in [0.15, 0.2) is 27.6 Å². The third-order valence-corrected chi connectivity index (χ3v) is 5.28. The van der Waals surface area contributed by atoms with Crippen LogP contribution < -0.4 is 10.0 Å². The fourth-order valence-corrected chi connectivity index (χ4v) is 3.94. The molecule has 18 heavy (non-hydrogen) atoms. The first kappa shape index (κ1) is 14.0. The Morgan fingerprint density at radius 3 is 2.72 bits per heavy atom. The lowest BCUT2D eigenvalue weighted by atomic mass is 10.2. The first-order chi connectivity index (χ1) is 8.53. The van der Waals surface area contributed by atoms with Crippen molar-refractivity contribution in [2.45, 2.75) is 37.2 Å². The summed E-state index contributed by atoms with van der Waals surface area (Å²) in [4.78, 5) is 0.324. The Kier molecular flexibility index (Phi) is 4.42. The van der Waals surface area contributed by atoms with Gasteiger partial charge in [0.05, 0.1) is 4.90 Å². The van der Waals surface area contributed by atoms with Crippen molar-refractivity contribution < 1.29 is 8.42 Å². The summed E-state index contributed by atoms with van der Waals surface area (Å²) in [5, 5.41) is 3.19. The second kappa shape index (κ2) is 5.69. The molecule has 6 heteroatoms. The molecule has 1 aromatic rings. The van der Waals surface area contributed by atoms with Gasteiger partial charge in [0, 0.05) is 17.1 Å². The van der Waals surface area contributed by atoms with Crippen LogP contribution in [0.1, 0.15) is 25.3 Å². The molecule has 2 N–H and O–H groups in total. The molecule has 100 valence electrons. The molecule has 0 unspecified atom stereocenters. The smallest absolute Gasteiger partial charge is 0.241 e. The Hall–Kier alpha value is -0.430. The minimum Gasteiger partial charge on any atom is -0.313 e. The van der Waals surface area contributed by atoms with E-state index in [1.54, 1.807) is 12.1 Å². The van der Waals surface area contributed by atoms with Crippen LogP contribution in [0.4, 0.5) is 0 Å². The normalized spacial score (nSPS) is 15.9. The van der Waals surface area contributed by atoms with Gasteiger partial charge >= 0.3 is 0 Å². The maximum atomic E-state index is 12.2. The van der Waals surface area contributed by atoms with Gasteiger partial charge < -0.3 is 5.32 Å². The van der Waals surface area contributed by atoms with Crippen LogP contribution in [0.2, 0.25) is 0 Å². The van der Waals surface area contributed by atoms with Gasteiger partial charge in [0.1, 0.15) is 0 Å². The fraction of sp³-hybridized carbons (Fsp3) is 0.500. The number of benzene rings is 1. The Labute approximate surface area is 116 Å². The van der Waals surface area contributed by atoms with Crippen LogP contribution >= 0.6 is 15.9 Å². The molecule has 0 bridgehead atoms. The molecule has 0 aliphatic heterocycles. The van der Waals surface area contributed by atoms with Gasteiger partial charge in [-0.05, 0) is 53.0 Å². The van der Waals surface area contributed by atoms with Gasteiger partial charge in [0.2, 0.25) is 10.0 Å². The zero-order chi connectivity index (χ0) is 13.2. The SMILES string of the molecule is CCNCc1ccc(Br)c(S(=O)(=O)NC2CC2)c1. The first-order valence-electron chi connectivity index (χ1n) is 6.04. The Balaban J connectivity index is 2.24. The third-order valence-electron chi connectivity index (χ3n) is 2.76. The van der Waals surface area contributed by atoms with E-state index in [1.165, 1.54) is 0 Å². The molecule has 1 saturated carbocycles. The maximum absolute atomic E-state index is 12.2. The van der Waals surface area contributed by atoms with E-state index in [0.717, 1.165) is 24.9 Å². The zero-order valence-corrected chi connectivity index (χ0v) is 12.6. The van der Waals surface area contributed by atoms with Crippen LogP contribution in [0.25, 0.3) is 0 Å². The fourth-order valence-electron chi connectivity index (χ4n) is 1.62. The number of rotatable bonds is 6. The lowest BCUT2D eigenvalue weighted by molar-refractivity contribution is 0.580. The maximum Gasteiger partial charge on any atom is 0.241 e. The van der Waals surface area contributed by atoms with Crippen molar-refractivity contribution in [3.63, 3.8) is 0 Å². The van der Waals surface area contributed by atoms with E-state index in [9.17, 15) is 8.42 Å². The van der Waals surface area contributed by atoms with Crippen molar-refractivity contribution in [3.05, 3.63) is 28.2 Å². The molecule has 1 aromatic carbocycles. The molecule has 0 saturated heterocycles. The second-order valence-corrected chi connectivity index (χ2v) is 6.98. The predicted octanol–water partition coefficient (Wildman–Crippen LogP) is 2.00. The van der Waals surface area contributed by atoms with Gasteiger partial charge in [-0.1, -0.05) is 13.0 Å². The highest BCUT2D eigenvalue weighted by Gasteiger charge is 2.29. The van der Waals surface area contributed by atoms with Crippen molar-refractivity contribution in [1.82, 2.24) is 10.0 Å². The van der Waals surface area contributed by atoms with Crippen molar-refractivity contribution in [1.29, 1.82) is 0 Å². The Morgan fingerprint density at radius 2 is 2.11 bits per heavy atom. The molecule has 0 spiro atoms. The van der Waals surface area contributed by atoms with E-state index in [-0.39, 0.29) is 6.04 Å². The summed E-state index contributed by atoms with van der Waals surface area (Å²) >= 11 is 3.31. The molecule has 0 radical (unpaired) electrons. The number of nitrogens with one attached hydrogen (secondary N) is 2. The molecule has 1 aliphatic rings. The second-order valence-electron chi connectivity index (χ2n) is 4.44. The summed E-state index contributed by atoms with van der Waals surface area (Å²) in [6, 6.07) is 5.55. The van der Waals surface area contributed by atoms with Gasteiger partial charge in [-0.3, -0.25) is 0 Å². The molecule has 1 fully saturated rings. The number of hydrogen-bond acceptors (Lipinski definition) is 3. The highest BCUT2D eigenvalue weighted by atomic mass is 79.9. The van der Waals surface area contributed by atoms with Gasteiger partial charge in [-0.15, -0.1) is 0 Å². The largest absolute Gasteiger partial charge is 0.313 e. The highest BCUT2D eigenvalue weighted by Crippen LogP contribution is 2.27. The summed E-state index contributed by atoms with van der Waals surface area (Å²) in [6.45, 7) is 3.55.